The van der Waals surface area contributed by atoms with Crippen LogP contribution in [0, 0.1) is 12.1 Å². The molecule has 0 saturated carbocycles. The van der Waals surface area contributed by atoms with E-state index in [1.165, 1.54) is 12.1 Å². The molecule has 4 rings (SSSR count). The third-order valence-corrected chi connectivity index (χ3v) is 4.45. The van der Waals surface area contributed by atoms with Crippen molar-refractivity contribution in [1.29, 1.82) is 0 Å². The van der Waals surface area contributed by atoms with Gasteiger partial charge in [0.05, 0.1) is 11.1 Å². The molecule has 0 unspecified atom stereocenters. The van der Waals surface area contributed by atoms with E-state index in [1.807, 2.05) is 18.2 Å². The maximum Gasteiger partial charge on any atom is 0.336 e. The summed E-state index contributed by atoms with van der Waals surface area (Å²) in [6.45, 7) is 0. The Labute approximate surface area is 148 Å². The quantitative estimate of drug-likeness (QED) is 0.569. The Bertz CT molecular complexity index is 1100. The summed E-state index contributed by atoms with van der Waals surface area (Å²) in [6.07, 6.45) is 0. The molecule has 0 saturated heterocycles. The molecule has 0 aliphatic carbocycles. The highest BCUT2D eigenvalue weighted by Crippen LogP contribution is 2.38. The molecule has 0 amide bonds. The van der Waals surface area contributed by atoms with E-state index >= 15 is 0 Å². The Kier molecular flexibility index (Phi) is 3.56. The zero-order valence-electron chi connectivity index (χ0n) is 13.5. The van der Waals surface area contributed by atoms with Crippen LogP contribution in [0.5, 0.6) is 0 Å². The summed E-state index contributed by atoms with van der Waals surface area (Å²) < 4.78 is 0. The van der Waals surface area contributed by atoms with E-state index in [2.05, 4.69) is 12.1 Å². The van der Waals surface area contributed by atoms with E-state index in [4.69, 9.17) is 0 Å². The van der Waals surface area contributed by atoms with Crippen LogP contribution in [0.2, 0.25) is 0 Å². The summed E-state index contributed by atoms with van der Waals surface area (Å²) in [5.74, 6) is -2.22. The van der Waals surface area contributed by atoms with Gasteiger partial charge in [0.15, 0.2) is 0 Å². The van der Waals surface area contributed by atoms with Gasteiger partial charge in [0.25, 0.3) is 0 Å². The molecule has 0 bridgehead atoms. The smallest absolute Gasteiger partial charge is 0.336 e. The van der Waals surface area contributed by atoms with E-state index < -0.39 is 11.9 Å². The Morgan fingerprint density at radius 2 is 1.23 bits per heavy atom. The summed E-state index contributed by atoms with van der Waals surface area (Å²) in [5.41, 5.74) is 0.898. The predicted octanol–water partition coefficient (Wildman–Crippen LogP) is 4.66. The van der Waals surface area contributed by atoms with Crippen LogP contribution in [-0.4, -0.2) is 22.2 Å². The van der Waals surface area contributed by atoms with Gasteiger partial charge >= 0.3 is 11.9 Å². The average Bonchev–Trinajstić information content (AvgIpc) is 2.66. The minimum Gasteiger partial charge on any atom is -0.478 e. The molecule has 4 heteroatoms. The third kappa shape index (κ3) is 2.35. The van der Waals surface area contributed by atoms with Crippen LogP contribution in [0.4, 0.5) is 0 Å². The lowest BCUT2D eigenvalue weighted by Gasteiger charge is -2.15. The van der Waals surface area contributed by atoms with Gasteiger partial charge in [-0.1, -0.05) is 48.5 Å². The summed E-state index contributed by atoms with van der Waals surface area (Å²) in [5, 5.41) is 22.4. The van der Waals surface area contributed by atoms with E-state index in [0.29, 0.717) is 21.9 Å². The molecule has 0 heterocycles. The molecule has 0 aliphatic heterocycles. The monoisotopic (exact) mass is 340 g/mol. The van der Waals surface area contributed by atoms with Crippen molar-refractivity contribution in [2.24, 2.45) is 0 Å². The molecule has 0 fully saturated rings. The van der Waals surface area contributed by atoms with Gasteiger partial charge in [0, 0.05) is 11.1 Å². The highest BCUT2D eigenvalue weighted by molar-refractivity contribution is 6.17. The first-order valence-corrected chi connectivity index (χ1v) is 7.91. The van der Waals surface area contributed by atoms with Gasteiger partial charge < -0.3 is 10.2 Å². The normalized spacial score (nSPS) is 10.6. The number of fused-ring (bicyclic) bond motifs is 2. The lowest BCUT2D eigenvalue weighted by atomic mass is 9.87. The highest BCUT2D eigenvalue weighted by atomic mass is 16.4. The van der Waals surface area contributed by atoms with E-state index in [9.17, 15) is 19.8 Å². The summed E-state index contributed by atoms with van der Waals surface area (Å²) in [6, 6.07) is 22.8. The molecular formula is C22H12O4. The summed E-state index contributed by atoms with van der Waals surface area (Å²) in [7, 11) is 0. The van der Waals surface area contributed by atoms with Gasteiger partial charge in [-0.3, -0.25) is 0 Å². The van der Waals surface area contributed by atoms with Crippen LogP contribution in [0.15, 0.2) is 60.7 Å². The molecule has 0 radical (unpaired) electrons. The predicted molar refractivity (Wildman–Crippen MR) is 98.5 cm³/mol. The van der Waals surface area contributed by atoms with Gasteiger partial charge in [-0.05, 0) is 45.8 Å². The number of aromatic carboxylic acids is 2. The van der Waals surface area contributed by atoms with Crippen molar-refractivity contribution in [3.8, 4) is 11.1 Å². The molecule has 2 N–H and O–H groups in total. The lowest BCUT2D eigenvalue weighted by molar-refractivity contribution is 0.0684. The van der Waals surface area contributed by atoms with Crippen LogP contribution >= 0.6 is 0 Å². The SMILES string of the molecule is O=C(O)c1ccc2cc#ccc2c1-c1c(C(=O)O)ccc2ccccc12. The number of benzene rings is 3. The van der Waals surface area contributed by atoms with E-state index in [1.54, 1.807) is 30.3 Å². The minimum absolute atomic E-state index is 0.0518. The zero-order valence-corrected chi connectivity index (χ0v) is 13.5. The molecule has 4 aromatic rings. The summed E-state index contributed by atoms with van der Waals surface area (Å²) >= 11 is 0. The van der Waals surface area contributed by atoms with Crippen molar-refractivity contribution in [1.82, 2.24) is 0 Å². The van der Waals surface area contributed by atoms with Crippen LogP contribution in [0.3, 0.4) is 0 Å². The van der Waals surface area contributed by atoms with Gasteiger partial charge in [0.2, 0.25) is 0 Å². The average molecular weight is 340 g/mol. The fraction of sp³-hybridized carbons (Fsp3) is 0. The molecule has 124 valence electrons. The van der Waals surface area contributed by atoms with Gasteiger partial charge in [-0.2, -0.15) is 0 Å². The Balaban J connectivity index is 2.27. The lowest BCUT2D eigenvalue weighted by Crippen LogP contribution is -2.05. The summed E-state index contributed by atoms with van der Waals surface area (Å²) in [4.78, 5) is 23.8. The van der Waals surface area contributed by atoms with Crippen molar-refractivity contribution in [2.75, 3.05) is 0 Å². The number of carboxylic acids is 2. The van der Waals surface area contributed by atoms with E-state index in [0.717, 1.165) is 10.8 Å². The number of carboxylic acid groups (broad SMARTS) is 2. The fourth-order valence-corrected chi connectivity index (χ4v) is 3.32. The van der Waals surface area contributed by atoms with Crippen molar-refractivity contribution in [2.45, 2.75) is 0 Å². The van der Waals surface area contributed by atoms with Crippen molar-refractivity contribution in [3.05, 3.63) is 83.9 Å². The van der Waals surface area contributed by atoms with Gasteiger partial charge in [0.1, 0.15) is 0 Å². The molecule has 0 spiro atoms. The van der Waals surface area contributed by atoms with Crippen molar-refractivity contribution in [3.63, 3.8) is 0 Å². The fourth-order valence-electron chi connectivity index (χ4n) is 3.32. The highest BCUT2D eigenvalue weighted by Gasteiger charge is 2.22. The standard InChI is InChI=1S/C22H12O4/c23-21(24)17-11-9-13-5-1-3-7-15(13)19(17)20-16-8-4-2-6-14(16)10-12-18(20)22(25)26/h1,3,5-12H,(H,23,24)(H,25,26). The van der Waals surface area contributed by atoms with Crippen molar-refractivity contribution >= 4 is 33.5 Å². The topological polar surface area (TPSA) is 74.6 Å². The number of hydrogen-bond acceptors (Lipinski definition) is 2. The van der Waals surface area contributed by atoms with Gasteiger partial charge in [-0.25, -0.2) is 9.59 Å². The first-order valence-electron chi connectivity index (χ1n) is 7.91. The largest absolute Gasteiger partial charge is 0.478 e. The first kappa shape index (κ1) is 15.7. The molecule has 26 heavy (non-hydrogen) atoms. The van der Waals surface area contributed by atoms with Crippen LogP contribution in [0.25, 0.3) is 32.7 Å². The molecule has 4 nitrogen and oxygen atoms in total. The zero-order chi connectivity index (χ0) is 18.3. The second kappa shape index (κ2) is 5.91. The van der Waals surface area contributed by atoms with Crippen molar-refractivity contribution < 1.29 is 19.8 Å². The molecule has 4 aromatic carbocycles. The molecule has 0 aliphatic rings. The second-order valence-corrected chi connectivity index (χ2v) is 5.89. The third-order valence-electron chi connectivity index (χ3n) is 4.45. The minimum atomic E-state index is -1.11. The maximum atomic E-state index is 11.9. The van der Waals surface area contributed by atoms with Crippen LogP contribution in [-0.2, 0) is 0 Å². The molecule has 0 atom stereocenters. The number of hydrogen-bond donors (Lipinski definition) is 2. The molecule has 0 aromatic heterocycles. The van der Waals surface area contributed by atoms with E-state index in [-0.39, 0.29) is 11.1 Å². The maximum absolute atomic E-state index is 11.9. The Morgan fingerprint density at radius 3 is 1.92 bits per heavy atom. The first-order chi connectivity index (χ1) is 12.6. The van der Waals surface area contributed by atoms with Crippen LogP contribution in [0.1, 0.15) is 20.7 Å². The Hall–Kier alpha value is -3.84. The number of carbonyl (C=O) groups is 2. The van der Waals surface area contributed by atoms with Gasteiger partial charge in [-0.15, -0.1) is 0 Å². The molecular weight excluding hydrogens is 328 g/mol. The second-order valence-electron chi connectivity index (χ2n) is 5.89. The number of rotatable bonds is 3. The Morgan fingerprint density at radius 1 is 0.654 bits per heavy atom. The van der Waals surface area contributed by atoms with Crippen LogP contribution < -0.4 is 0 Å².